The van der Waals surface area contributed by atoms with Crippen molar-refractivity contribution in [2.24, 2.45) is 17.6 Å². The fraction of sp³-hybridized carbons (Fsp3) is 0.625. The van der Waals surface area contributed by atoms with Crippen LogP contribution >= 0.6 is 0 Å². The van der Waals surface area contributed by atoms with E-state index in [4.69, 9.17) is 16.1 Å². The molecule has 3 rings (SSSR count). The van der Waals surface area contributed by atoms with Crippen molar-refractivity contribution in [1.29, 1.82) is 5.41 Å². The van der Waals surface area contributed by atoms with Gasteiger partial charge in [-0.2, -0.15) is 0 Å². The standard InChI is InChI=1S/C17H24N2O.C7H14N2/c1-13-8-16(15-4-2-3-5-15)10-17(18-13)9-14-6-7-19(11-14)12-20;1-5(2)7(9)4-6(3)8/h8,10,12,14-15H,2-7,9,11H2,1H3;4-5,9H,8H2,1-3H3/b;6-4-,9-7?. The molecule has 1 saturated carbocycles. The van der Waals surface area contributed by atoms with Gasteiger partial charge in [-0.15, -0.1) is 0 Å². The molecule has 5 nitrogen and oxygen atoms in total. The molecule has 160 valence electrons. The van der Waals surface area contributed by atoms with Crippen LogP contribution in [0.15, 0.2) is 23.9 Å². The summed E-state index contributed by atoms with van der Waals surface area (Å²) in [5.74, 6) is 1.62. The maximum atomic E-state index is 10.8. The number of carbonyl (C=O) groups excluding carboxylic acids is 1. The predicted molar refractivity (Wildman–Crippen MR) is 120 cm³/mol. The number of carbonyl (C=O) groups is 1. The molecule has 0 radical (unpaired) electrons. The molecule has 1 amide bonds. The summed E-state index contributed by atoms with van der Waals surface area (Å²) in [7, 11) is 0. The van der Waals surface area contributed by atoms with Crippen molar-refractivity contribution in [2.75, 3.05) is 13.1 Å². The van der Waals surface area contributed by atoms with Crippen LogP contribution in [-0.4, -0.2) is 35.1 Å². The molecule has 1 aliphatic heterocycles. The van der Waals surface area contributed by atoms with Gasteiger partial charge in [0.05, 0.1) is 0 Å². The van der Waals surface area contributed by atoms with E-state index in [0.29, 0.717) is 17.3 Å². The summed E-state index contributed by atoms with van der Waals surface area (Å²) in [5.41, 5.74) is 10.5. The zero-order valence-electron chi connectivity index (χ0n) is 18.6. The molecule has 1 aliphatic carbocycles. The molecule has 1 aromatic rings. The third kappa shape index (κ3) is 7.64. The lowest BCUT2D eigenvalue weighted by molar-refractivity contribution is -0.117. The summed E-state index contributed by atoms with van der Waals surface area (Å²) in [4.78, 5) is 17.4. The number of nitrogens with two attached hydrogens (primary N) is 1. The highest BCUT2D eigenvalue weighted by atomic mass is 16.1. The second-order valence-electron chi connectivity index (χ2n) is 8.97. The molecule has 29 heavy (non-hydrogen) atoms. The normalized spacial score (nSPS) is 20.0. The number of hydrogen-bond donors (Lipinski definition) is 2. The number of nitrogens with one attached hydrogen (secondary N) is 1. The number of hydrogen-bond acceptors (Lipinski definition) is 4. The molecule has 2 heterocycles. The van der Waals surface area contributed by atoms with E-state index in [0.717, 1.165) is 44.0 Å². The largest absolute Gasteiger partial charge is 0.402 e. The molecule has 2 aliphatic rings. The fourth-order valence-corrected chi connectivity index (χ4v) is 4.20. The molecule has 0 bridgehead atoms. The van der Waals surface area contributed by atoms with E-state index in [1.807, 2.05) is 18.7 Å². The van der Waals surface area contributed by atoms with Gasteiger partial charge in [0.1, 0.15) is 0 Å². The molecule has 0 aromatic carbocycles. The van der Waals surface area contributed by atoms with Gasteiger partial charge in [0.2, 0.25) is 6.41 Å². The van der Waals surface area contributed by atoms with Crippen molar-refractivity contribution in [3.8, 4) is 0 Å². The van der Waals surface area contributed by atoms with E-state index in [2.05, 4.69) is 19.1 Å². The number of allylic oxidation sites excluding steroid dienone is 2. The minimum atomic E-state index is 0.281. The predicted octanol–water partition coefficient (Wildman–Crippen LogP) is 4.59. The second-order valence-corrected chi connectivity index (χ2v) is 8.97. The topological polar surface area (TPSA) is 83.1 Å². The number of pyridine rings is 1. The molecule has 2 fully saturated rings. The molecule has 1 unspecified atom stereocenters. The van der Waals surface area contributed by atoms with Crippen molar-refractivity contribution >= 4 is 12.1 Å². The van der Waals surface area contributed by atoms with Gasteiger partial charge in [0.15, 0.2) is 0 Å². The number of aromatic nitrogens is 1. The van der Waals surface area contributed by atoms with Crippen molar-refractivity contribution < 1.29 is 4.79 Å². The molecule has 1 aromatic heterocycles. The zero-order chi connectivity index (χ0) is 21.4. The number of amides is 1. The van der Waals surface area contributed by atoms with E-state index in [9.17, 15) is 4.79 Å². The van der Waals surface area contributed by atoms with Gasteiger partial charge in [0, 0.05) is 35.9 Å². The third-order valence-electron chi connectivity index (χ3n) is 5.82. The lowest BCUT2D eigenvalue weighted by Crippen LogP contribution is -2.19. The lowest BCUT2D eigenvalue weighted by atomic mass is 9.94. The first-order valence-corrected chi connectivity index (χ1v) is 11.0. The Morgan fingerprint density at radius 3 is 2.52 bits per heavy atom. The fourth-order valence-electron chi connectivity index (χ4n) is 4.20. The van der Waals surface area contributed by atoms with E-state index in [1.165, 1.54) is 36.9 Å². The monoisotopic (exact) mass is 398 g/mol. The van der Waals surface area contributed by atoms with Crippen LogP contribution in [0.5, 0.6) is 0 Å². The van der Waals surface area contributed by atoms with Gasteiger partial charge in [0.25, 0.3) is 0 Å². The summed E-state index contributed by atoms with van der Waals surface area (Å²) in [6.07, 6.45) is 10.2. The average molecular weight is 399 g/mol. The number of likely N-dealkylation sites (tertiary alicyclic amines) is 1. The smallest absolute Gasteiger partial charge is 0.209 e. The highest BCUT2D eigenvalue weighted by molar-refractivity contribution is 5.94. The Kier molecular flexibility index (Phi) is 8.87. The first-order valence-electron chi connectivity index (χ1n) is 11.0. The van der Waals surface area contributed by atoms with Gasteiger partial charge in [-0.3, -0.25) is 9.78 Å². The van der Waals surface area contributed by atoms with Gasteiger partial charge in [-0.25, -0.2) is 0 Å². The third-order valence-corrected chi connectivity index (χ3v) is 5.82. The summed E-state index contributed by atoms with van der Waals surface area (Å²) < 4.78 is 0. The van der Waals surface area contributed by atoms with Gasteiger partial charge in [-0.1, -0.05) is 26.7 Å². The molecular formula is C24H38N4O. The minimum absolute atomic E-state index is 0.281. The van der Waals surface area contributed by atoms with Crippen LogP contribution in [0.3, 0.4) is 0 Å². The Hall–Kier alpha value is -2.17. The van der Waals surface area contributed by atoms with Crippen molar-refractivity contribution in [1.82, 2.24) is 9.88 Å². The molecule has 1 atom stereocenters. The van der Waals surface area contributed by atoms with Crippen LogP contribution in [0.25, 0.3) is 0 Å². The van der Waals surface area contributed by atoms with E-state index in [-0.39, 0.29) is 5.92 Å². The Balaban J connectivity index is 0.000000284. The SMILES string of the molecule is C/C(N)=C/C(=N)C(C)C.Cc1cc(C2CCCC2)cc(CC2CCN(C=O)C2)n1. The number of aryl methyl sites for hydroxylation is 1. The quantitative estimate of drug-likeness (QED) is 0.543. The summed E-state index contributed by atoms with van der Waals surface area (Å²) in [5, 5.41) is 7.32. The first-order chi connectivity index (χ1) is 13.8. The number of nitrogens with zero attached hydrogens (tertiary/aromatic N) is 2. The highest BCUT2D eigenvalue weighted by Gasteiger charge is 2.23. The van der Waals surface area contributed by atoms with Gasteiger partial charge < -0.3 is 16.0 Å². The van der Waals surface area contributed by atoms with Crippen LogP contribution in [0, 0.1) is 24.2 Å². The zero-order valence-corrected chi connectivity index (χ0v) is 18.6. The Labute approximate surface area is 176 Å². The van der Waals surface area contributed by atoms with Crippen LogP contribution in [-0.2, 0) is 11.2 Å². The van der Waals surface area contributed by atoms with E-state index < -0.39 is 0 Å². The van der Waals surface area contributed by atoms with Crippen LogP contribution in [0.2, 0.25) is 0 Å². The average Bonchev–Trinajstić information content (AvgIpc) is 3.33. The van der Waals surface area contributed by atoms with Crippen molar-refractivity contribution in [3.63, 3.8) is 0 Å². The summed E-state index contributed by atoms with van der Waals surface area (Å²) in [6.45, 7) is 9.65. The first kappa shape index (κ1) is 23.1. The molecule has 5 heteroatoms. The maximum Gasteiger partial charge on any atom is 0.209 e. The maximum absolute atomic E-state index is 10.8. The van der Waals surface area contributed by atoms with Crippen LogP contribution in [0.1, 0.15) is 75.7 Å². The van der Waals surface area contributed by atoms with E-state index >= 15 is 0 Å². The highest BCUT2D eigenvalue weighted by Crippen LogP contribution is 2.34. The van der Waals surface area contributed by atoms with Gasteiger partial charge in [-0.05, 0) is 81.1 Å². The molecule has 1 saturated heterocycles. The summed E-state index contributed by atoms with van der Waals surface area (Å²) in [6, 6.07) is 4.60. The van der Waals surface area contributed by atoms with Crippen molar-refractivity contribution in [2.45, 2.75) is 72.1 Å². The molecular weight excluding hydrogens is 360 g/mol. The number of rotatable bonds is 6. The Morgan fingerprint density at radius 1 is 1.31 bits per heavy atom. The Bertz CT molecular complexity index is 716. The van der Waals surface area contributed by atoms with Crippen molar-refractivity contribution in [3.05, 3.63) is 40.9 Å². The second kappa shape index (κ2) is 11.1. The van der Waals surface area contributed by atoms with Crippen LogP contribution in [0.4, 0.5) is 0 Å². The Morgan fingerprint density at radius 2 is 2.00 bits per heavy atom. The lowest BCUT2D eigenvalue weighted by Gasteiger charge is -2.14. The molecule has 0 spiro atoms. The minimum Gasteiger partial charge on any atom is -0.402 e. The molecule has 3 N–H and O–H groups in total. The van der Waals surface area contributed by atoms with Crippen LogP contribution < -0.4 is 5.73 Å². The van der Waals surface area contributed by atoms with E-state index in [1.54, 1.807) is 13.0 Å². The van der Waals surface area contributed by atoms with Gasteiger partial charge >= 0.3 is 0 Å². The summed E-state index contributed by atoms with van der Waals surface area (Å²) >= 11 is 0.